The number of nitrogens with zero attached hydrogens (tertiary/aromatic N) is 1. The highest BCUT2D eigenvalue weighted by Gasteiger charge is 2.45. The monoisotopic (exact) mass is 374 g/mol. The normalized spacial score (nSPS) is 19.9. The largest absolute Gasteiger partial charge is 0.586 e. The fourth-order valence-electron chi connectivity index (χ4n) is 3.41. The smallest absolute Gasteiger partial charge is 0.395 e. The highest BCUT2D eigenvalue weighted by molar-refractivity contribution is 5.85. The summed E-state index contributed by atoms with van der Waals surface area (Å²) in [6.07, 6.45) is 2.28. The topological polar surface area (TPSA) is 33.7 Å². The van der Waals surface area contributed by atoms with Crippen LogP contribution in [0.5, 0.6) is 11.5 Å². The number of halogens is 3. The molecule has 1 saturated heterocycles. The average Bonchev–Trinajstić information content (AvgIpc) is 2.90. The molecule has 0 aromatic heterocycles. The number of fused-ring (bicyclic) bond motifs is 1. The first-order valence-corrected chi connectivity index (χ1v) is 8.55. The zero-order valence-corrected chi connectivity index (χ0v) is 15.0. The molecule has 0 amide bonds. The van der Waals surface area contributed by atoms with E-state index in [0.29, 0.717) is 0 Å². The van der Waals surface area contributed by atoms with Gasteiger partial charge >= 0.3 is 6.29 Å². The predicted octanol–water partition coefficient (Wildman–Crippen LogP) is 4.12. The molecule has 2 aliphatic rings. The number of benzene rings is 1. The first-order valence-electron chi connectivity index (χ1n) is 8.55. The number of hydrogen-bond acceptors (Lipinski definition) is 4. The van der Waals surface area contributed by atoms with Crippen molar-refractivity contribution in [3.8, 4) is 11.5 Å². The van der Waals surface area contributed by atoms with Crippen molar-refractivity contribution in [1.29, 1.82) is 0 Å². The van der Waals surface area contributed by atoms with Crippen LogP contribution in [-0.4, -0.2) is 37.4 Å². The van der Waals surface area contributed by atoms with E-state index in [2.05, 4.69) is 21.5 Å². The minimum absolute atomic E-state index is 0. The third-order valence-electron chi connectivity index (χ3n) is 4.55. The molecule has 0 spiro atoms. The Morgan fingerprint density at radius 3 is 2.72 bits per heavy atom. The van der Waals surface area contributed by atoms with Crippen LogP contribution in [0.1, 0.15) is 37.3 Å². The number of ether oxygens (including phenoxy) is 2. The van der Waals surface area contributed by atoms with Crippen molar-refractivity contribution in [2.45, 2.75) is 38.0 Å². The van der Waals surface area contributed by atoms with Gasteiger partial charge in [-0.1, -0.05) is 24.6 Å². The summed E-state index contributed by atoms with van der Waals surface area (Å²) in [5.74, 6) is 0.318. The van der Waals surface area contributed by atoms with E-state index in [-0.39, 0.29) is 29.9 Å². The van der Waals surface area contributed by atoms with Crippen LogP contribution in [-0.2, 0) is 0 Å². The van der Waals surface area contributed by atoms with Gasteiger partial charge in [-0.05, 0) is 25.3 Å². The maximum absolute atomic E-state index is 13.5. The first kappa shape index (κ1) is 19.9. The van der Waals surface area contributed by atoms with Gasteiger partial charge in [0.15, 0.2) is 11.5 Å². The molecular weight excluding hydrogens is 350 g/mol. The van der Waals surface area contributed by atoms with E-state index < -0.39 is 6.29 Å². The van der Waals surface area contributed by atoms with Crippen molar-refractivity contribution >= 4 is 12.4 Å². The number of allylic oxidation sites excluding steroid dienone is 1. The van der Waals surface area contributed by atoms with Gasteiger partial charge in [-0.25, -0.2) is 0 Å². The molecule has 1 atom stereocenters. The molecule has 4 nitrogen and oxygen atoms in total. The number of rotatable bonds is 7. The van der Waals surface area contributed by atoms with E-state index in [9.17, 15) is 8.78 Å². The Labute approximate surface area is 153 Å². The summed E-state index contributed by atoms with van der Waals surface area (Å²) in [6.45, 7) is 7.36. The van der Waals surface area contributed by atoms with Crippen LogP contribution in [0.4, 0.5) is 8.78 Å². The molecule has 0 saturated carbocycles. The summed E-state index contributed by atoms with van der Waals surface area (Å²) in [5, 5.41) is 3.33. The molecule has 1 N–H and O–H groups in total. The number of para-hydroxylation sites is 1. The molecule has 25 heavy (non-hydrogen) atoms. The number of hydrogen-bond donors (Lipinski definition) is 1. The van der Waals surface area contributed by atoms with E-state index >= 15 is 0 Å². The van der Waals surface area contributed by atoms with Crippen LogP contribution in [0, 0.1) is 0 Å². The van der Waals surface area contributed by atoms with E-state index in [1.165, 1.54) is 6.07 Å². The molecule has 3 rings (SSSR count). The number of alkyl halides is 2. The van der Waals surface area contributed by atoms with Gasteiger partial charge < -0.3 is 14.8 Å². The number of piperazine rings is 1. The fraction of sp³-hybridized carbons (Fsp3) is 0.556. The molecule has 0 aliphatic carbocycles. The Balaban J connectivity index is 0.00000225. The van der Waals surface area contributed by atoms with E-state index in [1.54, 1.807) is 6.07 Å². The second-order valence-corrected chi connectivity index (χ2v) is 6.22. The Bertz CT molecular complexity index is 580. The molecular formula is C18H25ClF2N2O2. The summed E-state index contributed by atoms with van der Waals surface area (Å²) < 4.78 is 36.4. The van der Waals surface area contributed by atoms with Gasteiger partial charge in [-0.3, -0.25) is 4.90 Å². The molecule has 1 aromatic carbocycles. The summed E-state index contributed by atoms with van der Waals surface area (Å²) >= 11 is 0. The lowest BCUT2D eigenvalue weighted by molar-refractivity contribution is -0.287. The Hall–Kier alpha value is -1.37. The van der Waals surface area contributed by atoms with Crippen molar-refractivity contribution in [3.05, 3.63) is 36.4 Å². The van der Waals surface area contributed by atoms with E-state index in [0.717, 1.165) is 57.4 Å². The fourth-order valence-corrected chi connectivity index (χ4v) is 3.41. The second-order valence-electron chi connectivity index (χ2n) is 6.22. The molecule has 0 unspecified atom stereocenters. The summed E-state index contributed by atoms with van der Waals surface area (Å²) in [4.78, 5) is 2.35. The maximum Gasteiger partial charge on any atom is 0.586 e. The van der Waals surface area contributed by atoms with Gasteiger partial charge in [0, 0.05) is 37.8 Å². The molecule has 140 valence electrons. The van der Waals surface area contributed by atoms with Crippen LogP contribution >= 0.6 is 12.4 Å². The van der Waals surface area contributed by atoms with E-state index in [1.807, 2.05) is 12.1 Å². The zero-order valence-electron chi connectivity index (χ0n) is 14.2. The lowest BCUT2D eigenvalue weighted by Crippen LogP contribution is -2.45. The minimum atomic E-state index is -3.57. The van der Waals surface area contributed by atoms with Crippen molar-refractivity contribution in [3.63, 3.8) is 0 Å². The standard InChI is InChI=1S/C18H24F2N2O2.ClH/c1-2-3-4-5-8-15(22-12-10-21-11-13-22)14-7-6-9-16-17(14)24-18(19,20)23-16;/h2,6-7,9,15,21H,1,3-5,8,10-13H2;1H/t15-;/m1./s1. The Morgan fingerprint density at radius 1 is 1.24 bits per heavy atom. The third kappa shape index (κ3) is 4.84. The van der Waals surface area contributed by atoms with Crippen molar-refractivity contribution in [2.75, 3.05) is 26.2 Å². The molecule has 1 fully saturated rings. The lowest BCUT2D eigenvalue weighted by Gasteiger charge is -2.35. The number of unbranched alkanes of at least 4 members (excludes halogenated alkanes) is 2. The van der Waals surface area contributed by atoms with Gasteiger partial charge in [-0.15, -0.1) is 27.8 Å². The van der Waals surface area contributed by atoms with Gasteiger partial charge in [0.05, 0.1) is 0 Å². The molecule has 7 heteroatoms. The summed E-state index contributed by atoms with van der Waals surface area (Å²) in [5.41, 5.74) is 0.796. The maximum atomic E-state index is 13.5. The molecule has 0 radical (unpaired) electrons. The van der Waals surface area contributed by atoms with Crippen molar-refractivity contribution in [1.82, 2.24) is 10.2 Å². The van der Waals surface area contributed by atoms with Gasteiger partial charge in [0.25, 0.3) is 0 Å². The van der Waals surface area contributed by atoms with Crippen LogP contribution in [0.25, 0.3) is 0 Å². The Kier molecular flexibility index (Phi) is 7.04. The van der Waals surface area contributed by atoms with Crippen LogP contribution in [0.2, 0.25) is 0 Å². The Morgan fingerprint density at radius 2 is 2.00 bits per heavy atom. The van der Waals surface area contributed by atoms with Gasteiger partial charge in [0.2, 0.25) is 0 Å². The highest BCUT2D eigenvalue weighted by atomic mass is 35.5. The first-order chi connectivity index (χ1) is 11.6. The predicted molar refractivity (Wildman–Crippen MR) is 95.7 cm³/mol. The third-order valence-corrected chi connectivity index (χ3v) is 4.55. The van der Waals surface area contributed by atoms with E-state index in [4.69, 9.17) is 4.74 Å². The summed E-state index contributed by atoms with van der Waals surface area (Å²) in [6, 6.07) is 5.23. The van der Waals surface area contributed by atoms with Crippen LogP contribution < -0.4 is 14.8 Å². The minimum Gasteiger partial charge on any atom is -0.395 e. The average molecular weight is 375 g/mol. The summed E-state index contributed by atoms with van der Waals surface area (Å²) in [7, 11) is 0. The molecule has 2 aliphatic heterocycles. The van der Waals surface area contributed by atoms with Crippen LogP contribution in [0.15, 0.2) is 30.9 Å². The molecule has 2 heterocycles. The molecule has 0 bridgehead atoms. The van der Waals surface area contributed by atoms with Gasteiger partial charge in [0.1, 0.15) is 0 Å². The zero-order chi connectivity index (χ0) is 17.0. The molecule has 1 aromatic rings. The quantitative estimate of drug-likeness (QED) is 0.575. The SMILES string of the molecule is C=CCCCC[C@H](c1cccc2c1OC(F)(F)O2)N1CCNCC1.Cl. The van der Waals surface area contributed by atoms with Crippen LogP contribution in [0.3, 0.4) is 0 Å². The van der Waals surface area contributed by atoms with Gasteiger partial charge in [-0.2, -0.15) is 0 Å². The van der Waals surface area contributed by atoms with Crippen molar-refractivity contribution < 1.29 is 18.3 Å². The number of nitrogens with one attached hydrogen (secondary N) is 1. The second kappa shape index (κ2) is 8.83. The lowest BCUT2D eigenvalue weighted by atomic mass is 9.97. The highest BCUT2D eigenvalue weighted by Crippen LogP contribution is 2.47. The van der Waals surface area contributed by atoms with Crippen molar-refractivity contribution in [2.24, 2.45) is 0 Å².